The predicted molar refractivity (Wildman–Crippen MR) is 155 cm³/mol. The van der Waals surface area contributed by atoms with Crippen LogP contribution in [0.1, 0.15) is 5.56 Å². The molecule has 6 aromatic rings. The molecular weight excluding hydrogens is 536 g/mol. The largest absolute Gasteiger partial charge is 0.331 e. The molecule has 6 rings (SSSR count). The lowest BCUT2D eigenvalue weighted by Gasteiger charge is -2.07. The molecule has 11 heteroatoms. The lowest BCUT2D eigenvalue weighted by Crippen LogP contribution is -1.93. The zero-order valence-electron chi connectivity index (χ0n) is 20.1. The predicted octanol–water partition coefficient (Wildman–Crippen LogP) is 7.65. The van der Waals surface area contributed by atoms with E-state index >= 15 is 0 Å². The Kier molecular flexibility index (Phi) is 8.24. The number of benzene rings is 1. The molecule has 5 heterocycles. The third-order valence-electron chi connectivity index (χ3n) is 5.17. The minimum absolute atomic E-state index is 0.680. The van der Waals surface area contributed by atoms with Crippen LogP contribution in [-0.2, 0) is 0 Å². The van der Waals surface area contributed by atoms with E-state index in [0.717, 1.165) is 49.3 Å². The van der Waals surface area contributed by atoms with Crippen LogP contribution < -0.4 is 10.6 Å². The van der Waals surface area contributed by atoms with E-state index in [1.54, 1.807) is 42.3 Å². The molecule has 8 nitrogen and oxygen atoms in total. The Morgan fingerprint density at radius 2 is 1.32 bits per heavy atom. The van der Waals surface area contributed by atoms with Gasteiger partial charge in [-0.05, 0) is 48.9 Å². The van der Waals surface area contributed by atoms with Crippen LogP contribution in [0, 0.1) is 6.92 Å². The maximum absolute atomic E-state index is 6.11. The van der Waals surface area contributed by atoms with Crippen LogP contribution in [0.2, 0.25) is 5.02 Å². The van der Waals surface area contributed by atoms with Crippen molar-refractivity contribution in [1.82, 2.24) is 29.9 Å². The Morgan fingerprint density at radius 3 is 1.89 bits per heavy atom. The minimum atomic E-state index is 0.680. The molecule has 0 spiro atoms. The third-order valence-corrected chi connectivity index (χ3v) is 7.10. The highest BCUT2D eigenvalue weighted by Crippen LogP contribution is 2.30. The molecule has 0 unspecified atom stereocenters. The van der Waals surface area contributed by atoms with Crippen molar-refractivity contribution in [2.24, 2.45) is 0 Å². The van der Waals surface area contributed by atoms with Gasteiger partial charge in [0.2, 0.25) is 0 Å². The maximum atomic E-state index is 6.11. The van der Waals surface area contributed by atoms with Crippen LogP contribution in [0.15, 0.2) is 96.3 Å². The summed E-state index contributed by atoms with van der Waals surface area (Å²) in [6.45, 7) is 1.98. The van der Waals surface area contributed by atoms with Crippen molar-refractivity contribution in [3.8, 4) is 22.8 Å². The van der Waals surface area contributed by atoms with Crippen molar-refractivity contribution in [2.75, 3.05) is 10.6 Å². The monoisotopic (exact) mass is 556 g/mol. The first-order valence-corrected chi connectivity index (χ1v) is 13.6. The molecule has 0 fully saturated rings. The average molecular weight is 557 g/mol. The molecule has 0 amide bonds. The zero-order valence-corrected chi connectivity index (χ0v) is 22.5. The van der Waals surface area contributed by atoms with Gasteiger partial charge in [0.05, 0.1) is 17.6 Å². The van der Waals surface area contributed by atoms with E-state index in [1.165, 1.54) is 11.3 Å². The van der Waals surface area contributed by atoms with Crippen molar-refractivity contribution in [3.05, 3.63) is 107 Å². The second-order valence-electron chi connectivity index (χ2n) is 7.76. The normalized spacial score (nSPS) is 10.4. The van der Waals surface area contributed by atoms with Crippen molar-refractivity contribution in [3.63, 3.8) is 0 Å². The Bertz CT molecular complexity index is 1590. The van der Waals surface area contributed by atoms with Gasteiger partial charge in [0.15, 0.2) is 16.1 Å². The fourth-order valence-corrected chi connectivity index (χ4v) is 4.86. The minimum Gasteiger partial charge on any atom is -0.331 e. The van der Waals surface area contributed by atoms with Crippen LogP contribution in [0.3, 0.4) is 0 Å². The Balaban J connectivity index is 0.000000156. The molecule has 0 aliphatic carbocycles. The van der Waals surface area contributed by atoms with Crippen LogP contribution in [-0.4, -0.2) is 29.9 Å². The van der Waals surface area contributed by atoms with Crippen LogP contribution in [0.5, 0.6) is 0 Å². The summed E-state index contributed by atoms with van der Waals surface area (Å²) in [5, 5.41) is 12.7. The highest BCUT2D eigenvalue weighted by Gasteiger charge is 2.08. The van der Waals surface area contributed by atoms with Crippen LogP contribution in [0.4, 0.5) is 21.8 Å². The maximum Gasteiger partial charge on any atom is 0.188 e. The fourth-order valence-electron chi connectivity index (χ4n) is 3.26. The van der Waals surface area contributed by atoms with Gasteiger partial charge in [0.1, 0.15) is 11.4 Å². The lowest BCUT2D eigenvalue weighted by molar-refractivity contribution is 1.19. The second-order valence-corrected chi connectivity index (χ2v) is 9.88. The zero-order chi connectivity index (χ0) is 26.2. The number of rotatable bonds is 6. The number of hydrogen-bond donors (Lipinski definition) is 2. The van der Waals surface area contributed by atoms with Gasteiger partial charge in [0.25, 0.3) is 0 Å². The molecule has 0 aliphatic heterocycles. The number of aromatic nitrogens is 6. The number of halogens is 1. The van der Waals surface area contributed by atoms with E-state index < -0.39 is 0 Å². The van der Waals surface area contributed by atoms with E-state index in [1.807, 2.05) is 72.3 Å². The number of hydrogen-bond acceptors (Lipinski definition) is 10. The van der Waals surface area contributed by atoms with Gasteiger partial charge in [-0.1, -0.05) is 29.8 Å². The number of anilines is 4. The lowest BCUT2D eigenvalue weighted by atomic mass is 10.2. The van der Waals surface area contributed by atoms with Gasteiger partial charge < -0.3 is 10.6 Å². The summed E-state index contributed by atoms with van der Waals surface area (Å²) in [6.07, 6.45) is 8.44. The van der Waals surface area contributed by atoms with Gasteiger partial charge in [-0.25, -0.2) is 15.0 Å². The van der Waals surface area contributed by atoms with Crippen molar-refractivity contribution in [1.29, 1.82) is 0 Å². The average Bonchev–Trinajstić information content (AvgIpc) is 3.63. The Labute approximate surface area is 232 Å². The molecule has 0 atom stereocenters. The molecule has 0 bridgehead atoms. The standard InChI is InChI=1S/C15H12ClN3S.C12H9N5S/c1-10-11(16)5-4-7-12(10)18-15-19-14(9-20-15)13-6-2-3-8-17-13;1-2-4-14-9(3-1)10-8-18-12(16-10)17-11-7-13-5-6-15-11/h2-9H,1H3,(H,18,19);1-8H,(H,15,16,17). The molecule has 0 saturated heterocycles. The summed E-state index contributed by atoms with van der Waals surface area (Å²) in [6, 6.07) is 17.3. The topological polar surface area (TPSA) is 101 Å². The number of pyridine rings is 2. The quantitative estimate of drug-likeness (QED) is 0.216. The van der Waals surface area contributed by atoms with Gasteiger partial charge >= 0.3 is 0 Å². The summed E-state index contributed by atoms with van der Waals surface area (Å²) in [4.78, 5) is 25.7. The van der Waals surface area contributed by atoms with E-state index in [4.69, 9.17) is 11.6 Å². The highest BCUT2D eigenvalue weighted by atomic mass is 35.5. The number of nitrogens with one attached hydrogen (secondary N) is 2. The Morgan fingerprint density at radius 1 is 0.658 bits per heavy atom. The van der Waals surface area contributed by atoms with Gasteiger partial charge in [0, 0.05) is 46.3 Å². The van der Waals surface area contributed by atoms with E-state index in [2.05, 4.69) is 40.5 Å². The first-order valence-electron chi connectivity index (χ1n) is 11.4. The van der Waals surface area contributed by atoms with Crippen molar-refractivity contribution < 1.29 is 0 Å². The van der Waals surface area contributed by atoms with E-state index in [9.17, 15) is 0 Å². The smallest absolute Gasteiger partial charge is 0.188 e. The van der Waals surface area contributed by atoms with Gasteiger partial charge in [-0.3, -0.25) is 15.0 Å². The SMILES string of the molecule is Cc1c(Cl)cccc1Nc1nc(-c2ccccn2)cs1.c1ccc(-c2csc(Nc3cnccn3)n2)nc1. The van der Waals surface area contributed by atoms with Crippen molar-refractivity contribution >= 4 is 56.0 Å². The number of thiazole rings is 2. The molecule has 1 aromatic carbocycles. The molecule has 0 radical (unpaired) electrons. The second kappa shape index (κ2) is 12.3. The van der Waals surface area contributed by atoms with E-state index in [-0.39, 0.29) is 0 Å². The molecule has 0 saturated carbocycles. The molecule has 188 valence electrons. The summed E-state index contributed by atoms with van der Waals surface area (Å²) < 4.78 is 0. The molecule has 38 heavy (non-hydrogen) atoms. The molecule has 0 aliphatic rings. The van der Waals surface area contributed by atoms with Crippen molar-refractivity contribution in [2.45, 2.75) is 6.92 Å². The summed E-state index contributed by atoms with van der Waals surface area (Å²) >= 11 is 9.17. The molecular formula is C27H21ClN8S2. The summed E-state index contributed by atoms with van der Waals surface area (Å²) in [5.74, 6) is 0.680. The Hall–Kier alpha value is -4.25. The summed E-state index contributed by atoms with van der Waals surface area (Å²) in [5.41, 5.74) is 5.45. The van der Waals surface area contributed by atoms with Crippen LogP contribution in [0.25, 0.3) is 22.8 Å². The summed E-state index contributed by atoms with van der Waals surface area (Å²) in [7, 11) is 0. The van der Waals surface area contributed by atoms with Gasteiger partial charge in [-0.2, -0.15) is 0 Å². The third kappa shape index (κ3) is 6.54. The molecule has 5 aromatic heterocycles. The fraction of sp³-hybridized carbons (Fsp3) is 0.0370. The molecule has 2 N–H and O–H groups in total. The van der Waals surface area contributed by atoms with Crippen LogP contribution >= 0.6 is 34.3 Å². The van der Waals surface area contributed by atoms with Gasteiger partial charge in [-0.15, -0.1) is 22.7 Å². The first-order chi connectivity index (χ1) is 18.7. The number of nitrogens with zero attached hydrogens (tertiary/aromatic N) is 6. The van der Waals surface area contributed by atoms with E-state index in [0.29, 0.717) is 5.82 Å². The first kappa shape index (κ1) is 25.4. The highest BCUT2D eigenvalue weighted by molar-refractivity contribution is 7.14.